The van der Waals surface area contributed by atoms with E-state index in [1.165, 1.54) is 5.56 Å². The van der Waals surface area contributed by atoms with E-state index in [4.69, 9.17) is 9.47 Å². The fraction of sp³-hybridized carbons (Fsp3) is 0.250. The third-order valence-corrected chi connectivity index (χ3v) is 4.75. The van der Waals surface area contributed by atoms with Gasteiger partial charge < -0.3 is 14.8 Å². The summed E-state index contributed by atoms with van der Waals surface area (Å²) in [5.41, 5.74) is 2.27. The van der Waals surface area contributed by atoms with E-state index in [-0.39, 0.29) is 6.10 Å². The van der Waals surface area contributed by atoms with Crippen molar-refractivity contribution in [1.82, 2.24) is 0 Å². The largest absolute Gasteiger partial charge is 0.495 e. The van der Waals surface area contributed by atoms with E-state index in [1.54, 1.807) is 7.11 Å². The second kappa shape index (κ2) is 6.28. The Morgan fingerprint density at radius 1 is 1.24 bits per heavy atom. The third kappa shape index (κ3) is 3.19. The van der Waals surface area contributed by atoms with E-state index in [0.717, 1.165) is 39.1 Å². The quantitative estimate of drug-likeness (QED) is 0.793. The predicted octanol–water partition coefficient (Wildman–Crippen LogP) is 4.64. The number of hydrogen-bond acceptors (Lipinski definition) is 3. The highest BCUT2D eigenvalue weighted by Crippen LogP contribution is 2.35. The van der Waals surface area contributed by atoms with Gasteiger partial charge in [-0.15, -0.1) is 0 Å². The van der Waals surface area contributed by atoms with Crippen LogP contribution in [0.15, 0.2) is 45.3 Å². The summed E-state index contributed by atoms with van der Waals surface area (Å²) in [6.07, 6.45) is 1.10. The highest BCUT2D eigenvalue weighted by atomic mass is 79.9. The van der Waals surface area contributed by atoms with Gasteiger partial charge in [0.15, 0.2) is 0 Å². The Kier molecular flexibility index (Phi) is 4.40. The average Bonchev–Trinajstić information content (AvgIpc) is 2.89. The number of fused-ring (bicyclic) bond motifs is 1. The Morgan fingerprint density at radius 2 is 2.05 bits per heavy atom. The smallest absolute Gasteiger partial charge is 0.135 e. The summed E-state index contributed by atoms with van der Waals surface area (Å²) in [6, 6.07) is 12.1. The Labute approximate surface area is 140 Å². The maximum atomic E-state index is 5.93. The van der Waals surface area contributed by atoms with Crippen LogP contribution in [0.1, 0.15) is 5.56 Å². The number of nitrogens with one attached hydrogen (secondary N) is 1. The first kappa shape index (κ1) is 14.7. The van der Waals surface area contributed by atoms with Gasteiger partial charge in [-0.1, -0.05) is 18.2 Å². The lowest BCUT2D eigenvalue weighted by Crippen LogP contribution is -2.24. The van der Waals surface area contributed by atoms with Crippen LogP contribution in [0.2, 0.25) is 0 Å². The van der Waals surface area contributed by atoms with Crippen LogP contribution in [0.5, 0.6) is 11.5 Å². The summed E-state index contributed by atoms with van der Waals surface area (Å²) in [7, 11) is 1.66. The van der Waals surface area contributed by atoms with Crippen LogP contribution in [0, 0.1) is 0 Å². The lowest BCUT2D eigenvalue weighted by atomic mass is 10.1. The lowest BCUT2D eigenvalue weighted by Gasteiger charge is -2.15. The standard InChI is InChI=1S/C16H15Br2NO2/c1-20-16-8-14(12(17)7-13(16)18)19-9-11-6-10-4-2-3-5-15(10)21-11/h2-5,7-8,11,19H,6,9H2,1H3. The van der Waals surface area contributed by atoms with Gasteiger partial charge in [-0.25, -0.2) is 0 Å². The van der Waals surface area contributed by atoms with E-state index in [1.807, 2.05) is 30.3 Å². The highest BCUT2D eigenvalue weighted by molar-refractivity contribution is 9.11. The van der Waals surface area contributed by atoms with Crippen LogP contribution in [-0.2, 0) is 6.42 Å². The first-order chi connectivity index (χ1) is 10.2. The fourth-order valence-electron chi connectivity index (χ4n) is 2.41. The minimum absolute atomic E-state index is 0.156. The van der Waals surface area contributed by atoms with Gasteiger partial charge in [0.1, 0.15) is 17.6 Å². The SMILES string of the molecule is COc1cc(NCC2Cc3ccccc3O2)c(Br)cc1Br. The molecule has 1 atom stereocenters. The predicted molar refractivity (Wildman–Crippen MR) is 91.4 cm³/mol. The molecule has 2 aromatic carbocycles. The van der Waals surface area contributed by atoms with Crippen LogP contribution in [0.3, 0.4) is 0 Å². The van der Waals surface area contributed by atoms with E-state index < -0.39 is 0 Å². The van der Waals surface area contributed by atoms with E-state index in [9.17, 15) is 0 Å². The van der Waals surface area contributed by atoms with Crippen LogP contribution in [0.4, 0.5) is 5.69 Å². The number of methoxy groups -OCH3 is 1. The molecule has 110 valence electrons. The maximum absolute atomic E-state index is 5.93. The minimum atomic E-state index is 0.156. The van der Waals surface area contributed by atoms with Gasteiger partial charge in [0, 0.05) is 17.0 Å². The van der Waals surface area contributed by atoms with Gasteiger partial charge in [0.2, 0.25) is 0 Å². The van der Waals surface area contributed by atoms with E-state index >= 15 is 0 Å². The molecule has 3 rings (SSSR count). The molecule has 0 fully saturated rings. The van der Waals surface area contributed by atoms with Gasteiger partial charge in [0.05, 0.1) is 23.8 Å². The Balaban J connectivity index is 1.67. The molecule has 0 amide bonds. The Hall–Kier alpha value is -1.20. The van der Waals surface area contributed by atoms with Crippen molar-refractivity contribution in [2.75, 3.05) is 19.0 Å². The van der Waals surface area contributed by atoms with Crippen molar-refractivity contribution < 1.29 is 9.47 Å². The van der Waals surface area contributed by atoms with Gasteiger partial charge in [-0.2, -0.15) is 0 Å². The fourth-order valence-corrected chi connectivity index (χ4v) is 3.71. The number of anilines is 1. The molecule has 1 N–H and O–H groups in total. The van der Waals surface area contributed by atoms with Crippen molar-refractivity contribution in [3.05, 3.63) is 50.9 Å². The van der Waals surface area contributed by atoms with Crippen molar-refractivity contribution in [3.8, 4) is 11.5 Å². The molecule has 2 aromatic rings. The van der Waals surface area contributed by atoms with Crippen molar-refractivity contribution in [1.29, 1.82) is 0 Å². The second-order valence-corrected chi connectivity index (χ2v) is 6.61. The normalized spacial score (nSPS) is 16.2. The zero-order valence-electron chi connectivity index (χ0n) is 11.5. The first-order valence-electron chi connectivity index (χ1n) is 6.69. The zero-order valence-corrected chi connectivity index (χ0v) is 14.7. The highest BCUT2D eigenvalue weighted by Gasteiger charge is 2.22. The van der Waals surface area contributed by atoms with Crippen LogP contribution in [0.25, 0.3) is 0 Å². The summed E-state index contributed by atoms with van der Waals surface area (Å²) in [6.45, 7) is 0.748. The molecule has 3 nitrogen and oxygen atoms in total. The molecule has 0 spiro atoms. The van der Waals surface area contributed by atoms with Crippen molar-refractivity contribution in [2.45, 2.75) is 12.5 Å². The number of halogens is 2. The van der Waals surface area contributed by atoms with Crippen LogP contribution in [-0.4, -0.2) is 19.8 Å². The molecule has 0 saturated carbocycles. The van der Waals surface area contributed by atoms with Gasteiger partial charge in [-0.05, 0) is 49.6 Å². The molecule has 0 aromatic heterocycles. The monoisotopic (exact) mass is 411 g/mol. The molecular weight excluding hydrogens is 398 g/mol. The number of ether oxygens (including phenoxy) is 2. The summed E-state index contributed by atoms with van der Waals surface area (Å²) in [4.78, 5) is 0. The van der Waals surface area contributed by atoms with Gasteiger partial charge in [-0.3, -0.25) is 0 Å². The molecule has 1 aliphatic heterocycles. The number of hydrogen-bond donors (Lipinski definition) is 1. The maximum Gasteiger partial charge on any atom is 0.135 e. The minimum Gasteiger partial charge on any atom is -0.495 e. The first-order valence-corrected chi connectivity index (χ1v) is 8.27. The third-order valence-electron chi connectivity index (χ3n) is 3.48. The molecule has 21 heavy (non-hydrogen) atoms. The molecule has 1 unspecified atom stereocenters. The molecule has 0 aliphatic carbocycles. The average molecular weight is 413 g/mol. The molecule has 5 heteroatoms. The van der Waals surface area contributed by atoms with Crippen molar-refractivity contribution in [2.24, 2.45) is 0 Å². The zero-order chi connectivity index (χ0) is 14.8. The Morgan fingerprint density at radius 3 is 2.81 bits per heavy atom. The molecule has 0 radical (unpaired) electrons. The summed E-state index contributed by atoms with van der Waals surface area (Å²) in [5, 5.41) is 3.42. The molecule has 0 bridgehead atoms. The van der Waals surface area contributed by atoms with Crippen molar-refractivity contribution >= 4 is 37.5 Å². The molecule has 1 heterocycles. The van der Waals surface area contributed by atoms with Gasteiger partial charge >= 0.3 is 0 Å². The molecular formula is C16H15Br2NO2. The van der Waals surface area contributed by atoms with E-state index in [2.05, 4.69) is 43.2 Å². The van der Waals surface area contributed by atoms with Crippen molar-refractivity contribution in [3.63, 3.8) is 0 Å². The summed E-state index contributed by atoms with van der Waals surface area (Å²) < 4.78 is 13.2. The second-order valence-electron chi connectivity index (χ2n) is 4.90. The summed E-state index contributed by atoms with van der Waals surface area (Å²) >= 11 is 7.03. The molecule has 1 aliphatic rings. The lowest BCUT2D eigenvalue weighted by molar-refractivity contribution is 0.246. The van der Waals surface area contributed by atoms with E-state index in [0.29, 0.717) is 0 Å². The number of rotatable bonds is 4. The summed E-state index contributed by atoms with van der Waals surface area (Å²) in [5.74, 6) is 1.80. The van der Waals surface area contributed by atoms with Crippen LogP contribution >= 0.6 is 31.9 Å². The molecule has 0 saturated heterocycles. The van der Waals surface area contributed by atoms with Gasteiger partial charge in [0.25, 0.3) is 0 Å². The van der Waals surface area contributed by atoms with Crippen LogP contribution < -0.4 is 14.8 Å². The number of para-hydroxylation sites is 1. The topological polar surface area (TPSA) is 30.5 Å². The Bertz CT molecular complexity index is 636. The number of benzene rings is 2.